The number of amides is 3. The van der Waals surface area contributed by atoms with Crippen molar-refractivity contribution >= 4 is 52.8 Å². The van der Waals surface area contributed by atoms with Crippen molar-refractivity contribution in [1.29, 1.82) is 0 Å². The van der Waals surface area contributed by atoms with Gasteiger partial charge in [-0.2, -0.15) is 0 Å². The number of piperazine rings is 1. The largest absolute Gasteiger partial charge is 0.483 e. The fourth-order valence-corrected chi connectivity index (χ4v) is 7.43. The van der Waals surface area contributed by atoms with E-state index < -0.39 is 47.0 Å². The number of hydrogen-bond acceptors (Lipinski definition) is 13. The smallest absolute Gasteiger partial charge is 0.410 e. The molecule has 2 atom stereocenters. The summed E-state index contributed by atoms with van der Waals surface area (Å²) >= 11 is 0. The highest BCUT2D eigenvalue weighted by Gasteiger charge is 2.26. The highest BCUT2D eigenvalue weighted by molar-refractivity contribution is 5.95. The van der Waals surface area contributed by atoms with Crippen molar-refractivity contribution < 1.29 is 48.0 Å². The lowest BCUT2D eigenvalue weighted by Gasteiger charge is -2.35. The first-order chi connectivity index (χ1) is 32.8. The second-order valence-electron chi connectivity index (χ2n) is 15.7. The number of unbranched alkanes of at least 4 members (excludes halogenated alkanes) is 1. The summed E-state index contributed by atoms with van der Waals surface area (Å²) < 4.78 is 28.0. The normalized spacial score (nSPS) is 13.1. The van der Waals surface area contributed by atoms with Crippen LogP contribution in [0.3, 0.4) is 0 Å². The van der Waals surface area contributed by atoms with E-state index in [1.165, 1.54) is 11.1 Å². The average molecular weight is 954 g/mol. The molecule has 1 saturated heterocycles. The van der Waals surface area contributed by atoms with Crippen LogP contribution in [-0.2, 0) is 45.2 Å². The maximum Gasteiger partial charge on any atom is 0.410 e. The molecule has 0 spiro atoms. The number of aromatic carboxylic acids is 1. The number of halogens is 1. The van der Waals surface area contributed by atoms with Crippen molar-refractivity contribution in [2.75, 3.05) is 42.9 Å². The number of nitrogens with zero attached hydrogens (tertiary/aromatic N) is 3. The van der Waals surface area contributed by atoms with Crippen LogP contribution in [0.2, 0.25) is 0 Å². The van der Waals surface area contributed by atoms with Crippen molar-refractivity contribution in [3.63, 3.8) is 0 Å². The summed E-state index contributed by atoms with van der Waals surface area (Å²) in [4.78, 5) is 75.6. The molecule has 2 heterocycles. The zero-order chi connectivity index (χ0) is 49.0. The molecular weight excluding hydrogens is 894 g/mol. The number of benzene rings is 4. The van der Waals surface area contributed by atoms with E-state index in [0.717, 1.165) is 17.2 Å². The van der Waals surface area contributed by atoms with Gasteiger partial charge in [0.05, 0.1) is 17.2 Å². The van der Waals surface area contributed by atoms with Gasteiger partial charge >= 0.3 is 18.2 Å². The number of alkyl carbamates (subject to hydrolysis) is 1. The van der Waals surface area contributed by atoms with E-state index in [1.54, 1.807) is 52.9 Å². The van der Waals surface area contributed by atoms with Gasteiger partial charge in [0.15, 0.2) is 0 Å². The van der Waals surface area contributed by atoms with Gasteiger partial charge in [-0.05, 0) is 80.1 Å². The molecule has 0 radical (unpaired) electrons. The van der Waals surface area contributed by atoms with Crippen LogP contribution in [0.15, 0.2) is 120 Å². The number of carboxylic acids is 1. The number of aryl methyl sites for hydroxylation is 1. The van der Waals surface area contributed by atoms with Crippen LogP contribution < -0.4 is 43.9 Å². The molecule has 3 amide bonds. The molecule has 0 aliphatic carbocycles. The molecule has 20 heteroatoms. The van der Waals surface area contributed by atoms with E-state index in [-0.39, 0.29) is 55.9 Å². The Morgan fingerprint density at radius 3 is 2.07 bits per heavy atom. The molecule has 1 fully saturated rings. The molecule has 5 aromatic rings. The first-order valence-electron chi connectivity index (χ1n) is 22.0. The summed E-state index contributed by atoms with van der Waals surface area (Å²) in [7, 11) is 0. The molecule has 6 rings (SSSR count). The summed E-state index contributed by atoms with van der Waals surface area (Å²) in [5.74, 6) is -2.35. The Morgan fingerprint density at radius 2 is 1.46 bits per heavy atom. The van der Waals surface area contributed by atoms with Crippen molar-refractivity contribution in [2.24, 2.45) is 11.5 Å². The lowest BCUT2D eigenvalue weighted by Crippen LogP contribution is -2.49. The fraction of sp³-hybridized carbons (Fsp3) is 0.306. The lowest BCUT2D eigenvalue weighted by atomic mass is 10.0. The van der Waals surface area contributed by atoms with Gasteiger partial charge < -0.3 is 67.6 Å². The van der Waals surface area contributed by atoms with Gasteiger partial charge in [-0.3, -0.25) is 14.4 Å². The summed E-state index contributed by atoms with van der Waals surface area (Å²) in [6, 6.07) is 27.1. The number of anilines is 2. The highest BCUT2D eigenvalue weighted by Crippen LogP contribution is 2.27. The number of nitrogens with two attached hydrogens (primary N) is 2. The number of carboxylic acid groups (broad SMARTS) is 2. The zero-order valence-electron chi connectivity index (χ0n) is 38.4. The Balaban J connectivity index is 0.00000252. The van der Waals surface area contributed by atoms with Gasteiger partial charge in [0.1, 0.15) is 30.6 Å². The van der Waals surface area contributed by atoms with Crippen LogP contribution in [-0.4, -0.2) is 95.0 Å². The third-order valence-corrected chi connectivity index (χ3v) is 11.1. The summed E-state index contributed by atoms with van der Waals surface area (Å²) in [5.41, 5.74) is 15.1. The third kappa shape index (κ3) is 15.5. The van der Waals surface area contributed by atoms with Crippen molar-refractivity contribution in [1.82, 2.24) is 26.3 Å². The highest BCUT2D eigenvalue weighted by atomic mass is 19.1. The predicted molar refractivity (Wildman–Crippen MR) is 259 cm³/mol. The first-order valence-corrected chi connectivity index (χ1v) is 22.0. The first kappa shape index (κ1) is 53.6. The van der Waals surface area contributed by atoms with Crippen LogP contribution in [0.4, 0.5) is 25.4 Å². The van der Waals surface area contributed by atoms with Crippen molar-refractivity contribution in [3.05, 3.63) is 153 Å². The number of carbonyl (C=O) groups excluding carboxylic acids is 3. The van der Waals surface area contributed by atoms with Gasteiger partial charge in [-0.15, -0.1) is 0 Å². The Bertz CT molecular complexity index is 2570. The molecule has 12 N–H and O–H groups in total. The van der Waals surface area contributed by atoms with E-state index >= 15 is 4.39 Å². The fourth-order valence-electron chi connectivity index (χ4n) is 7.43. The Hall–Kier alpha value is -7.97. The van der Waals surface area contributed by atoms with Crippen molar-refractivity contribution in [2.45, 2.75) is 64.4 Å². The van der Waals surface area contributed by atoms with Crippen LogP contribution in [0.5, 0.6) is 0 Å². The van der Waals surface area contributed by atoms with E-state index in [4.69, 9.17) is 30.8 Å². The lowest BCUT2D eigenvalue weighted by molar-refractivity contribution is -0.123. The molecule has 0 saturated carbocycles. The molecule has 0 unspecified atom stereocenters. The molecule has 19 nitrogen and oxygen atoms in total. The predicted octanol–water partition coefficient (Wildman–Crippen LogP) is 5.54. The standard InChI is InChI=1S/C48H55FN8O8.CH2O2.H3N/c1-2-55-29-37(46(60)61)44(58)36-26-38(49)43(27-42(36)55)56-21-23-57(24-22-56)48(63)65-31-34-16-18-35(19-17-34)53-45(59)40(15-9-10-20-50)52-28-39(51)41(25-32-11-5-3-6-12-32)54-47(62)64-30-33-13-7-4-8-14-33;2-1-3;/h3-8,11-14,16-19,26-29,40-41,52H,2,9-10,15,20-25,30-31,50-51H2,1H3,(H,53,59)(H,54,62)(H,60,61);1H,(H,2,3);1H3/b39-28-;;/t40-,41-;;/m0../s1. The van der Waals surface area contributed by atoms with Gasteiger partial charge in [0, 0.05) is 61.9 Å². The van der Waals surface area contributed by atoms with E-state index in [1.807, 2.05) is 60.7 Å². The molecule has 1 aromatic heterocycles. The zero-order valence-corrected chi connectivity index (χ0v) is 38.4. The number of ether oxygens (including phenoxy) is 2. The second-order valence-corrected chi connectivity index (χ2v) is 15.7. The van der Waals surface area contributed by atoms with Crippen molar-refractivity contribution in [3.8, 4) is 0 Å². The third-order valence-electron chi connectivity index (χ3n) is 11.1. The monoisotopic (exact) mass is 953 g/mol. The molecule has 1 aliphatic rings. The maximum absolute atomic E-state index is 15.4. The van der Waals surface area contributed by atoms with Crippen LogP contribution in [0.1, 0.15) is 53.2 Å². The van der Waals surface area contributed by atoms with Gasteiger partial charge in [0.2, 0.25) is 11.3 Å². The minimum atomic E-state index is -1.38. The van der Waals surface area contributed by atoms with Gasteiger partial charge in [0.25, 0.3) is 6.47 Å². The van der Waals surface area contributed by atoms with E-state index in [2.05, 4.69) is 16.0 Å². The molecule has 368 valence electrons. The number of carbonyl (C=O) groups is 5. The van der Waals surface area contributed by atoms with Gasteiger partial charge in [-0.1, -0.05) is 72.8 Å². The average Bonchev–Trinajstić information content (AvgIpc) is 3.34. The number of aromatic nitrogens is 1. The van der Waals surface area contributed by atoms with Crippen LogP contribution >= 0.6 is 0 Å². The maximum atomic E-state index is 15.4. The molecular formula is C49H60FN9O10. The Morgan fingerprint density at radius 1 is 0.855 bits per heavy atom. The Labute approximate surface area is 398 Å². The quantitative estimate of drug-likeness (QED) is 0.0372. The second kappa shape index (κ2) is 27.0. The molecule has 1 aliphatic heterocycles. The molecule has 69 heavy (non-hydrogen) atoms. The van der Waals surface area contributed by atoms with E-state index in [9.17, 15) is 29.1 Å². The molecule has 0 bridgehead atoms. The summed E-state index contributed by atoms with van der Waals surface area (Å²) in [6.07, 6.45) is 3.86. The number of fused-ring (bicyclic) bond motifs is 1. The van der Waals surface area contributed by atoms with Crippen LogP contribution in [0.25, 0.3) is 10.9 Å². The topological polar surface area (TPSA) is 296 Å². The molecule has 4 aromatic carbocycles. The number of pyridine rings is 1. The summed E-state index contributed by atoms with van der Waals surface area (Å²) in [6.45, 7) is 3.57. The SMILES string of the molecule is CCn1cc(C(=O)O)c(=O)c2cc(F)c(N3CCN(C(=O)OCc4ccc(NC(=O)[C@H](CCCCN)N/C=C(\N)[C@H](Cc5ccccc5)NC(=O)OCc5ccccc5)cc4)CC3)cc21.N.O=CO. The number of rotatable bonds is 19. The Kier molecular flexibility index (Phi) is 21.0. The minimum absolute atomic E-state index is 0. The summed E-state index contributed by atoms with van der Waals surface area (Å²) in [5, 5.41) is 25.3. The van der Waals surface area contributed by atoms with Crippen LogP contribution in [0, 0.1) is 5.82 Å². The number of hydrogen-bond donors (Lipinski definition) is 8. The van der Waals surface area contributed by atoms with E-state index in [0.29, 0.717) is 74.3 Å². The minimum Gasteiger partial charge on any atom is -0.483 e. The number of nitrogens with one attached hydrogen (secondary N) is 3. The van der Waals surface area contributed by atoms with Gasteiger partial charge in [-0.25, -0.2) is 18.8 Å².